The van der Waals surface area contributed by atoms with Crippen molar-refractivity contribution < 1.29 is 17.9 Å². The molecule has 0 heterocycles. The second-order valence-corrected chi connectivity index (χ2v) is 9.38. The molecular weight excluding hydrogens is 457 g/mol. The van der Waals surface area contributed by atoms with Crippen LogP contribution in [-0.2, 0) is 0 Å². The second kappa shape index (κ2) is 12.1. The summed E-state index contributed by atoms with van der Waals surface area (Å²) in [5, 5.41) is 0. The van der Waals surface area contributed by atoms with Crippen molar-refractivity contribution in [3.8, 4) is 28.0 Å². The number of rotatable bonds is 9. The first-order valence-electron chi connectivity index (χ1n) is 12.8. The monoisotopic (exact) mass is 490 g/mol. The van der Waals surface area contributed by atoms with Gasteiger partial charge in [-0.05, 0) is 91.8 Å². The smallest absolute Gasteiger partial charge is 0.201 e. The van der Waals surface area contributed by atoms with E-state index >= 15 is 4.39 Å². The average Bonchev–Trinajstić information content (AvgIpc) is 2.90. The minimum absolute atomic E-state index is 0.0810. The Morgan fingerprint density at radius 1 is 0.889 bits per heavy atom. The molecule has 3 aromatic carbocycles. The molecule has 1 unspecified atom stereocenters. The van der Waals surface area contributed by atoms with Gasteiger partial charge in [0.15, 0.2) is 11.6 Å². The molecule has 1 aliphatic carbocycles. The first-order valence-corrected chi connectivity index (χ1v) is 12.8. The molecule has 0 amide bonds. The van der Waals surface area contributed by atoms with Gasteiger partial charge < -0.3 is 4.74 Å². The third kappa shape index (κ3) is 5.92. The second-order valence-electron chi connectivity index (χ2n) is 9.38. The average molecular weight is 491 g/mol. The molecule has 0 spiro atoms. The van der Waals surface area contributed by atoms with Crippen molar-refractivity contribution >= 4 is 5.57 Å². The fourth-order valence-corrected chi connectivity index (χ4v) is 4.77. The molecule has 1 aliphatic rings. The van der Waals surface area contributed by atoms with Crippen molar-refractivity contribution in [1.29, 1.82) is 0 Å². The van der Waals surface area contributed by atoms with Gasteiger partial charge in [-0.15, -0.1) is 0 Å². The van der Waals surface area contributed by atoms with Crippen molar-refractivity contribution in [3.63, 3.8) is 0 Å². The molecule has 0 N–H and O–H groups in total. The zero-order valence-electron chi connectivity index (χ0n) is 21.0. The third-order valence-corrected chi connectivity index (χ3v) is 6.85. The third-order valence-electron chi connectivity index (χ3n) is 6.85. The predicted octanol–water partition coefficient (Wildman–Crippen LogP) is 9.77. The van der Waals surface area contributed by atoms with Crippen LogP contribution in [0.3, 0.4) is 0 Å². The Balaban J connectivity index is 1.48. The number of ether oxygens (including phenoxy) is 1. The molecule has 0 aliphatic heterocycles. The number of hydrogen-bond donors (Lipinski definition) is 0. The van der Waals surface area contributed by atoms with Crippen LogP contribution >= 0.6 is 0 Å². The van der Waals surface area contributed by atoms with E-state index in [1.165, 1.54) is 18.6 Å². The van der Waals surface area contributed by atoms with Crippen molar-refractivity contribution in [2.45, 2.75) is 52.4 Å². The summed E-state index contributed by atoms with van der Waals surface area (Å²) in [7, 11) is 0. The molecule has 4 rings (SSSR count). The molecule has 0 aromatic heterocycles. The molecule has 36 heavy (non-hydrogen) atoms. The molecule has 1 atom stereocenters. The van der Waals surface area contributed by atoms with Crippen LogP contribution < -0.4 is 4.74 Å². The standard InChI is InChI=1S/C32H33F3O/c1-3-5-6-7-22-8-10-24(11-9-22)27-17-16-26(21-29(27)33)23-12-14-25(15-13-23)28-18-19-30(36-20-4-2)32(35)31(28)34/h3,5,10,12-19,21-22H,4,6-9,11,20H2,1-2H3. The van der Waals surface area contributed by atoms with Crippen LogP contribution in [0.4, 0.5) is 13.2 Å². The van der Waals surface area contributed by atoms with E-state index in [0.717, 1.165) is 42.4 Å². The number of benzene rings is 3. The van der Waals surface area contributed by atoms with Crippen LogP contribution in [0.1, 0.15) is 57.9 Å². The first kappa shape index (κ1) is 25.8. The van der Waals surface area contributed by atoms with E-state index in [4.69, 9.17) is 4.74 Å². The van der Waals surface area contributed by atoms with E-state index in [1.54, 1.807) is 30.3 Å². The van der Waals surface area contributed by atoms with Gasteiger partial charge in [-0.3, -0.25) is 0 Å². The largest absolute Gasteiger partial charge is 0.490 e. The van der Waals surface area contributed by atoms with Gasteiger partial charge in [-0.1, -0.05) is 61.5 Å². The molecule has 0 bridgehead atoms. The fraction of sp³-hybridized carbons (Fsp3) is 0.312. The highest BCUT2D eigenvalue weighted by Crippen LogP contribution is 2.36. The minimum Gasteiger partial charge on any atom is -0.490 e. The lowest BCUT2D eigenvalue weighted by Gasteiger charge is -2.22. The van der Waals surface area contributed by atoms with Gasteiger partial charge in [0.2, 0.25) is 5.82 Å². The van der Waals surface area contributed by atoms with Crippen LogP contribution in [0.2, 0.25) is 0 Å². The van der Waals surface area contributed by atoms with Crippen LogP contribution in [0.25, 0.3) is 27.8 Å². The Morgan fingerprint density at radius 3 is 2.28 bits per heavy atom. The number of hydrogen-bond acceptors (Lipinski definition) is 1. The van der Waals surface area contributed by atoms with Gasteiger partial charge in [-0.25, -0.2) is 8.78 Å². The summed E-state index contributed by atoms with van der Waals surface area (Å²) in [4.78, 5) is 0. The summed E-state index contributed by atoms with van der Waals surface area (Å²) < 4.78 is 49.4. The fourth-order valence-electron chi connectivity index (χ4n) is 4.77. The van der Waals surface area contributed by atoms with Crippen LogP contribution in [0.15, 0.2) is 72.8 Å². The Kier molecular flexibility index (Phi) is 8.69. The van der Waals surface area contributed by atoms with Crippen LogP contribution in [-0.4, -0.2) is 6.61 Å². The van der Waals surface area contributed by atoms with Crippen LogP contribution in [0, 0.1) is 23.4 Å². The minimum atomic E-state index is -0.983. The molecule has 0 radical (unpaired) electrons. The highest BCUT2D eigenvalue weighted by atomic mass is 19.2. The van der Waals surface area contributed by atoms with Gasteiger partial charge in [0.25, 0.3) is 0 Å². The summed E-state index contributed by atoms with van der Waals surface area (Å²) >= 11 is 0. The Hall–Kier alpha value is -3.27. The Bertz CT molecular complexity index is 1240. The number of halogens is 3. The van der Waals surface area contributed by atoms with Gasteiger partial charge in [0.05, 0.1) is 6.61 Å². The lowest BCUT2D eigenvalue weighted by atomic mass is 9.84. The summed E-state index contributed by atoms with van der Waals surface area (Å²) in [5.74, 6) is -1.56. The van der Waals surface area contributed by atoms with E-state index in [9.17, 15) is 8.78 Å². The zero-order chi connectivity index (χ0) is 25.5. The van der Waals surface area contributed by atoms with Crippen molar-refractivity contribution in [1.82, 2.24) is 0 Å². The lowest BCUT2D eigenvalue weighted by Crippen LogP contribution is -2.06. The van der Waals surface area contributed by atoms with Crippen molar-refractivity contribution in [2.75, 3.05) is 6.61 Å². The SMILES string of the molecule is CC=CCCC1CC=C(c2ccc(-c3ccc(-c4ccc(OCCC)c(F)c4F)cc3)cc2F)CC1. The van der Waals surface area contributed by atoms with Crippen molar-refractivity contribution in [2.24, 2.45) is 5.92 Å². The molecule has 0 saturated heterocycles. The van der Waals surface area contributed by atoms with E-state index in [-0.39, 0.29) is 17.1 Å². The van der Waals surface area contributed by atoms with Crippen molar-refractivity contribution in [3.05, 3.63) is 95.8 Å². The first-order chi connectivity index (χ1) is 17.5. The molecule has 1 nitrogen and oxygen atoms in total. The van der Waals surface area contributed by atoms with Gasteiger partial charge in [0, 0.05) is 11.1 Å². The molecule has 0 fully saturated rings. The zero-order valence-corrected chi connectivity index (χ0v) is 21.0. The molecule has 188 valence electrons. The quantitative estimate of drug-likeness (QED) is 0.271. The normalized spacial score (nSPS) is 15.8. The van der Waals surface area contributed by atoms with E-state index < -0.39 is 11.6 Å². The summed E-state index contributed by atoms with van der Waals surface area (Å²) in [5.41, 5.74) is 4.03. The predicted molar refractivity (Wildman–Crippen MR) is 142 cm³/mol. The van der Waals surface area contributed by atoms with Gasteiger partial charge in [0.1, 0.15) is 5.82 Å². The lowest BCUT2D eigenvalue weighted by molar-refractivity contribution is 0.295. The van der Waals surface area contributed by atoms with E-state index in [0.29, 0.717) is 30.1 Å². The topological polar surface area (TPSA) is 9.23 Å². The van der Waals surface area contributed by atoms with Crippen LogP contribution in [0.5, 0.6) is 5.75 Å². The number of allylic oxidation sites excluding steroid dienone is 4. The maximum absolute atomic E-state index is 15.1. The van der Waals surface area contributed by atoms with E-state index in [2.05, 4.69) is 18.2 Å². The summed E-state index contributed by atoms with van der Waals surface area (Å²) in [6.45, 7) is 4.28. The molecule has 0 saturated carbocycles. The van der Waals surface area contributed by atoms with Gasteiger partial charge >= 0.3 is 0 Å². The Labute approximate surface area is 212 Å². The summed E-state index contributed by atoms with van der Waals surface area (Å²) in [6, 6.07) is 15.4. The highest BCUT2D eigenvalue weighted by molar-refractivity contribution is 5.74. The summed E-state index contributed by atoms with van der Waals surface area (Å²) in [6.07, 6.45) is 12.5. The maximum Gasteiger partial charge on any atom is 0.201 e. The van der Waals surface area contributed by atoms with E-state index in [1.807, 2.05) is 26.0 Å². The molecular formula is C32H33F3O. The van der Waals surface area contributed by atoms with Gasteiger partial charge in [-0.2, -0.15) is 4.39 Å². The molecule has 4 heteroatoms. The maximum atomic E-state index is 15.1. The molecule has 3 aromatic rings. The Morgan fingerprint density at radius 2 is 1.61 bits per heavy atom. The highest BCUT2D eigenvalue weighted by Gasteiger charge is 2.18.